The van der Waals surface area contributed by atoms with Gasteiger partial charge in [-0.1, -0.05) is 13.8 Å². The first-order valence-electron chi connectivity index (χ1n) is 7.81. The number of carbonyl (C=O) groups excluding carboxylic acids is 2. The third-order valence-corrected chi connectivity index (χ3v) is 3.94. The number of halogens is 1. The fraction of sp³-hybridized carbons (Fsp3) is 0.529. The highest BCUT2D eigenvalue weighted by atomic mass is 35.5. The highest BCUT2D eigenvalue weighted by Gasteiger charge is 2.36. The van der Waals surface area contributed by atoms with E-state index in [1.54, 1.807) is 0 Å². The van der Waals surface area contributed by atoms with E-state index in [0.29, 0.717) is 18.9 Å². The Labute approximate surface area is 144 Å². The molecule has 3 N–H and O–H groups in total. The van der Waals surface area contributed by atoms with E-state index in [1.165, 1.54) is 0 Å². The maximum Gasteiger partial charge on any atom is 0.231 e. The van der Waals surface area contributed by atoms with Crippen LogP contribution in [0.2, 0.25) is 0 Å². The van der Waals surface area contributed by atoms with Crippen molar-refractivity contribution in [2.75, 3.05) is 23.7 Å². The fourth-order valence-electron chi connectivity index (χ4n) is 2.51. The Balaban J connectivity index is 0.00000264. The summed E-state index contributed by atoms with van der Waals surface area (Å²) < 4.78 is 0. The molecule has 0 bridgehead atoms. The van der Waals surface area contributed by atoms with E-state index in [-0.39, 0.29) is 29.6 Å². The standard InChI is InChI=1S/C17H25N3O2.ClH/c1-12(2)10-15(21)19-13-4-6-14(7-5-13)20-16(22)17(3)8-9-18-11-17;/h4-7,12,18H,8-11H2,1-3H3,(H,19,21)(H,20,22);1H. The zero-order chi connectivity index (χ0) is 16.2. The van der Waals surface area contributed by atoms with Crippen LogP contribution < -0.4 is 16.0 Å². The summed E-state index contributed by atoms with van der Waals surface area (Å²) in [5, 5.41) is 9.02. The van der Waals surface area contributed by atoms with Gasteiger partial charge in [-0.15, -0.1) is 12.4 Å². The van der Waals surface area contributed by atoms with Gasteiger partial charge in [0.25, 0.3) is 0 Å². The van der Waals surface area contributed by atoms with Crippen molar-refractivity contribution in [2.24, 2.45) is 11.3 Å². The average Bonchev–Trinajstić information content (AvgIpc) is 2.88. The van der Waals surface area contributed by atoms with E-state index >= 15 is 0 Å². The van der Waals surface area contributed by atoms with Crippen molar-refractivity contribution in [3.8, 4) is 0 Å². The van der Waals surface area contributed by atoms with Crippen LogP contribution >= 0.6 is 12.4 Å². The predicted molar refractivity (Wildman–Crippen MR) is 96.0 cm³/mol. The van der Waals surface area contributed by atoms with Crippen LogP contribution in [0.5, 0.6) is 0 Å². The van der Waals surface area contributed by atoms with Gasteiger partial charge in [-0.25, -0.2) is 0 Å². The van der Waals surface area contributed by atoms with Gasteiger partial charge in [0.05, 0.1) is 5.41 Å². The van der Waals surface area contributed by atoms with Gasteiger partial charge in [0, 0.05) is 24.3 Å². The zero-order valence-electron chi connectivity index (χ0n) is 13.9. The highest BCUT2D eigenvalue weighted by Crippen LogP contribution is 2.26. The molecule has 23 heavy (non-hydrogen) atoms. The molecule has 0 spiro atoms. The van der Waals surface area contributed by atoms with E-state index in [4.69, 9.17) is 0 Å². The molecule has 1 aliphatic rings. The molecule has 5 nitrogen and oxygen atoms in total. The first-order valence-corrected chi connectivity index (χ1v) is 7.81. The largest absolute Gasteiger partial charge is 0.326 e. The van der Waals surface area contributed by atoms with Crippen LogP contribution in [-0.4, -0.2) is 24.9 Å². The Hall–Kier alpha value is -1.59. The normalized spacial score (nSPS) is 20.0. The molecule has 1 fully saturated rings. The summed E-state index contributed by atoms with van der Waals surface area (Å²) in [6.45, 7) is 7.59. The molecule has 0 radical (unpaired) electrons. The van der Waals surface area contributed by atoms with E-state index in [1.807, 2.05) is 45.0 Å². The Morgan fingerprint density at radius 2 is 1.74 bits per heavy atom. The SMILES string of the molecule is CC(C)CC(=O)Nc1ccc(NC(=O)C2(C)CCNC2)cc1.Cl. The second kappa shape index (κ2) is 8.31. The molecular weight excluding hydrogens is 314 g/mol. The lowest BCUT2D eigenvalue weighted by molar-refractivity contribution is -0.123. The fourth-order valence-corrected chi connectivity index (χ4v) is 2.51. The minimum absolute atomic E-state index is 0. The van der Waals surface area contributed by atoms with Crippen molar-refractivity contribution < 1.29 is 9.59 Å². The number of benzene rings is 1. The number of anilines is 2. The van der Waals surface area contributed by atoms with Gasteiger partial charge < -0.3 is 16.0 Å². The third-order valence-electron chi connectivity index (χ3n) is 3.94. The Bertz CT molecular complexity index is 537. The maximum atomic E-state index is 12.3. The van der Waals surface area contributed by atoms with Crippen molar-refractivity contribution in [3.63, 3.8) is 0 Å². The van der Waals surface area contributed by atoms with Crippen molar-refractivity contribution >= 4 is 35.6 Å². The molecule has 1 heterocycles. The minimum Gasteiger partial charge on any atom is -0.326 e. The summed E-state index contributed by atoms with van der Waals surface area (Å²) in [5.41, 5.74) is 1.15. The highest BCUT2D eigenvalue weighted by molar-refractivity contribution is 5.96. The lowest BCUT2D eigenvalue weighted by Gasteiger charge is -2.21. The predicted octanol–water partition coefficient (Wildman–Crippen LogP) is 3.03. The quantitative estimate of drug-likeness (QED) is 0.772. The first-order chi connectivity index (χ1) is 10.4. The van der Waals surface area contributed by atoms with Gasteiger partial charge in [-0.05, 0) is 50.1 Å². The Morgan fingerprint density at radius 1 is 1.17 bits per heavy atom. The van der Waals surface area contributed by atoms with E-state index in [0.717, 1.165) is 24.3 Å². The molecule has 6 heteroatoms. The smallest absolute Gasteiger partial charge is 0.231 e. The van der Waals surface area contributed by atoms with Gasteiger partial charge in [0.1, 0.15) is 0 Å². The van der Waals surface area contributed by atoms with Crippen LogP contribution in [0.25, 0.3) is 0 Å². The van der Waals surface area contributed by atoms with Crippen LogP contribution in [-0.2, 0) is 9.59 Å². The Kier molecular flexibility index (Phi) is 7.03. The molecular formula is C17H26ClN3O2. The zero-order valence-corrected chi connectivity index (χ0v) is 14.8. The first kappa shape index (κ1) is 19.5. The van der Waals surface area contributed by atoms with Crippen LogP contribution in [0.4, 0.5) is 11.4 Å². The second-order valence-corrected chi connectivity index (χ2v) is 6.67. The summed E-state index contributed by atoms with van der Waals surface area (Å²) >= 11 is 0. The summed E-state index contributed by atoms with van der Waals surface area (Å²) in [6.07, 6.45) is 1.35. The average molecular weight is 340 g/mol. The number of hydrogen-bond donors (Lipinski definition) is 3. The molecule has 2 amide bonds. The number of rotatable bonds is 5. The van der Waals surface area contributed by atoms with Crippen molar-refractivity contribution in [2.45, 2.75) is 33.6 Å². The summed E-state index contributed by atoms with van der Waals surface area (Å²) in [4.78, 5) is 24.0. The van der Waals surface area contributed by atoms with E-state index in [2.05, 4.69) is 16.0 Å². The van der Waals surface area contributed by atoms with Gasteiger partial charge in [0.15, 0.2) is 0 Å². The number of hydrogen-bond acceptors (Lipinski definition) is 3. The molecule has 0 saturated carbocycles. The monoisotopic (exact) mass is 339 g/mol. The summed E-state index contributed by atoms with van der Waals surface area (Å²) in [5.74, 6) is 0.379. The summed E-state index contributed by atoms with van der Waals surface area (Å²) in [7, 11) is 0. The molecule has 1 saturated heterocycles. The second-order valence-electron chi connectivity index (χ2n) is 6.67. The summed E-state index contributed by atoms with van der Waals surface area (Å²) in [6, 6.07) is 7.25. The van der Waals surface area contributed by atoms with Crippen LogP contribution in [0.1, 0.15) is 33.6 Å². The molecule has 128 valence electrons. The van der Waals surface area contributed by atoms with Crippen LogP contribution in [0, 0.1) is 11.3 Å². The topological polar surface area (TPSA) is 70.2 Å². The van der Waals surface area contributed by atoms with Gasteiger partial charge in [-0.3, -0.25) is 9.59 Å². The minimum atomic E-state index is -0.343. The van der Waals surface area contributed by atoms with E-state index in [9.17, 15) is 9.59 Å². The molecule has 1 aromatic carbocycles. The van der Waals surface area contributed by atoms with Gasteiger partial charge >= 0.3 is 0 Å². The molecule has 1 aliphatic heterocycles. The number of nitrogens with one attached hydrogen (secondary N) is 3. The Morgan fingerprint density at radius 3 is 2.22 bits per heavy atom. The molecule has 0 aromatic heterocycles. The molecule has 1 atom stereocenters. The maximum absolute atomic E-state index is 12.3. The lowest BCUT2D eigenvalue weighted by atomic mass is 9.89. The van der Waals surface area contributed by atoms with Crippen molar-refractivity contribution in [1.29, 1.82) is 0 Å². The van der Waals surface area contributed by atoms with Crippen LogP contribution in [0.3, 0.4) is 0 Å². The lowest BCUT2D eigenvalue weighted by Crippen LogP contribution is -2.35. The van der Waals surface area contributed by atoms with Crippen molar-refractivity contribution in [3.05, 3.63) is 24.3 Å². The molecule has 1 aromatic rings. The van der Waals surface area contributed by atoms with Gasteiger partial charge in [0.2, 0.25) is 11.8 Å². The number of amides is 2. The van der Waals surface area contributed by atoms with Gasteiger partial charge in [-0.2, -0.15) is 0 Å². The molecule has 2 rings (SSSR count). The molecule has 0 aliphatic carbocycles. The number of carbonyl (C=O) groups is 2. The molecule has 1 unspecified atom stereocenters. The van der Waals surface area contributed by atoms with Crippen LogP contribution in [0.15, 0.2) is 24.3 Å². The van der Waals surface area contributed by atoms with E-state index < -0.39 is 0 Å². The third kappa shape index (κ3) is 5.52. The van der Waals surface area contributed by atoms with Crippen molar-refractivity contribution in [1.82, 2.24) is 5.32 Å².